The number of hydrogen-bond acceptors (Lipinski definition) is 7. The molecule has 0 saturated carbocycles. The Morgan fingerprint density at radius 1 is 1.33 bits per heavy atom. The molecule has 0 amide bonds. The van der Waals surface area contributed by atoms with E-state index in [1.165, 1.54) is 0 Å². The van der Waals surface area contributed by atoms with Crippen LogP contribution >= 0.6 is 15.9 Å². The molecular weight excluding hydrogens is 370 g/mol. The maximum absolute atomic E-state index is 11.6. The molecule has 0 atom stereocenters. The molecule has 0 saturated heterocycles. The Bertz CT molecular complexity index is 569. The van der Waals surface area contributed by atoms with Gasteiger partial charge in [-0.15, -0.1) is 0 Å². The number of methoxy groups -OCH3 is 1. The van der Waals surface area contributed by atoms with Crippen molar-refractivity contribution in [3.05, 3.63) is 16.5 Å². The standard InChI is InChI=1S/C11H16BrNO7S/c1-17-3-2-4-18-5-6-19-11(14)8-7-9(10(12)20-8)21(13,15)16/h7H,2-6H2,1H3,(H2,13,15,16). The highest BCUT2D eigenvalue weighted by molar-refractivity contribution is 9.10. The average Bonchev–Trinajstić information content (AvgIpc) is 2.79. The van der Waals surface area contributed by atoms with Gasteiger partial charge in [0, 0.05) is 26.4 Å². The molecule has 0 aliphatic rings. The molecule has 0 bridgehead atoms. The Hall–Kier alpha value is -0.940. The number of esters is 1. The van der Waals surface area contributed by atoms with E-state index in [1.807, 2.05) is 0 Å². The van der Waals surface area contributed by atoms with E-state index in [-0.39, 0.29) is 28.5 Å². The summed E-state index contributed by atoms with van der Waals surface area (Å²) < 4.78 is 42.1. The number of nitrogens with two attached hydrogens (primary N) is 1. The number of hydrogen-bond donors (Lipinski definition) is 1. The Labute approximate surface area is 130 Å². The van der Waals surface area contributed by atoms with Gasteiger partial charge >= 0.3 is 5.97 Å². The minimum atomic E-state index is -3.97. The summed E-state index contributed by atoms with van der Waals surface area (Å²) >= 11 is 2.87. The lowest BCUT2D eigenvalue weighted by atomic mass is 10.4. The van der Waals surface area contributed by atoms with Crippen molar-refractivity contribution in [2.75, 3.05) is 33.5 Å². The first-order valence-corrected chi connectivity index (χ1v) is 8.26. The number of halogens is 1. The predicted molar refractivity (Wildman–Crippen MR) is 75.4 cm³/mol. The summed E-state index contributed by atoms with van der Waals surface area (Å²) in [6, 6.07) is 1.00. The Balaban J connectivity index is 2.40. The van der Waals surface area contributed by atoms with Crippen LogP contribution in [0.25, 0.3) is 0 Å². The van der Waals surface area contributed by atoms with Gasteiger partial charge in [0.25, 0.3) is 0 Å². The molecule has 1 rings (SSSR count). The van der Waals surface area contributed by atoms with Crippen LogP contribution in [-0.2, 0) is 24.2 Å². The van der Waals surface area contributed by atoms with Gasteiger partial charge in [-0.05, 0) is 22.4 Å². The van der Waals surface area contributed by atoms with Crippen LogP contribution in [0, 0.1) is 0 Å². The molecule has 2 N–H and O–H groups in total. The van der Waals surface area contributed by atoms with Crippen LogP contribution in [0.15, 0.2) is 20.0 Å². The van der Waals surface area contributed by atoms with Crippen LogP contribution in [0.2, 0.25) is 0 Å². The second-order valence-electron chi connectivity index (χ2n) is 3.89. The summed E-state index contributed by atoms with van der Waals surface area (Å²) in [6.07, 6.45) is 0.743. The number of carbonyl (C=O) groups is 1. The van der Waals surface area contributed by atoms with Crippen LogP contribution in [0.5, 0.6) is 0 Å². The summed E-state index contributed by atoms with van der Waals surface area (Å²) in [5.41, 5.74) is 0. The molecule has 1 aromatic rings. The quantitative estimate of drug-likeness (QED) is 0.495. The SMILES string of the molecule is COCCCOCCOC(=O)c1cc(S(N)(=O)=O)c(Br)o1. The molecule has 0 aromatic carbocycles. The minimum Gasteiger partial charge on any atom is -0.457 e. The molecule has 10 heteroatoms. The van der Waals surface area contributed by atoms with Crippen LogP contribution in [-0.4, -0.2) is 47.9 Å². The molecule has 0 radical (unpaired) electrons. The first-order chi connectivity index (χ1) is 9.86. The van der Waals surface area contributed by atoms with E-state index in [9.17, 15) is 13.2 Å². The van der Waals surface area contributed by atoms with E-state index in [1.54, 1.807) is 7.11 Å². The smallest absolute Gasteiger partial charge is 0.374 e. The zero-order valence-corrected chi connectivity index (χ0v) is 13.7. The molecule has 0 spiro atoms. The van der Waals surface area contributed by atoms with Crippen LogP contribution < -0.4 is 5.14 Å². The molecule has 0 aliphatic heterocycles. The van der Waals surface area contributed by atoms with E-state index >= 15 is 0 Å². The second kappa shape index (κ2) is 8.49. The van der Waals surface area contributed by atoms with E-state index in [2.05, 4.69) is 15.9 Å². The highest BCUT2D eigenvalue weighted by Crippen LogP contribution is 2.25. The minimum absolute atomic E-state index is 0.0227. The van der Waals surface area contributed by atoms with Crippen LogP contribution in [0.4, 0.5) is 0 Å². The first-order valence-electron chi connectivity index (χ1n) is 5.92. The second-order valence-corrected chi connectivity index (χ2v) is 6.14. The lowest BCUT2D eigenvalue weighted by Gasteiger charge is -2.04. The van der Waals surface area contributed by atoms with Gasteiger partial charge < -0.3 is 18.6 Å². The Morgan fingerprint density at radius 3 is 2.62 bits per heavy atom. The van der Waals surface area contributed by atoms with Gasteiger partial charge in [0.05, 0.1) is 6.61 Å². The van der Waals surface area contributed by atoms with Gasteiger partial charge in [0.1, 0.15) is 11.5 Å². The predicted octanol–water partition coefficient (Wildman–Crippen LogP) is 0.899. The van der Waals surface area contributed by atoms with Crippen molar-refractivity contribution in [1.82, 2.24) is 0 Å². The summed E-state index contributed by atoms with van der Waals surface area (Å²) in [5, 5.41) is 4.95. The summed E-state index contributed by atoms with van der Waals surface area (Å²) in [6.45, 7) is 1.33. The van der Waals surface area contributed by atoms with Crippen molar-refractivity contribution >= 4 is 31.9 Å². The Morgan fingerprint density at radius 2 is 2.05 bits per heavy atom. The van der Waals surface area contributed by atoms with Gasteiger partial charge in [-0.2, -0.15) is 0 Å². The van der Waals surface area contributed by atoms with Gasteiger partial charge in [0.2, 0.25) is 15.8 Å². The van der Waals surface area contributed by atoms with Crippen molar-refractivity contribution < 1.29 is 31.8 Å². The highest BCUT2D eigenvalue weighted by atomic mass is 79.9. The third kappa shape index (κ3) is 6.14. The lowest BCUT2D eigenvalue weighted by Crippen LogP contribution is -2.12. The maximum Gasteiger partial charge on any atom is 0.374 e. The summed E-state index contributed by atoms with van der Waals surface area (Å²) in [7, 11) is -2.37. The van der Waals surface area contributed by atoms with E-state index in [0.29, 0.717) is 13.2 Å². The zero-order valence-electron chi connectivity index (χ0n) is 11.3. The number of ether oxygens (including phenoxy) is 3. The van der Waals surface area contributed by atoms with Gasteiger partial charge in [-0.1, -0.05) is 0 Å². The first kappa shape index (κ1) is 18.1. The van der Waals surface area contributed by atoms with Crippen molar-refractivity contribution in [3.8, 4) is 0 Å². The number of sulfonamides is 1. The fourth-order valence-corrected chi connectivity index (χ4v) is 2.82. The van der Waals surface area contributed by atoms with Crippen molar-refractivity contribution in [1.29, 1.82) is 0 Å². The van der Waals surface area contributed by atoms with Gasteiger partial charge in [-0.25, -0.2) is 18.4 Å². The molecule has 0 aliphatic carbocycles. The molecular formula is C11H16BrNO7S. The highest BCUT2D eigenvalue weighted by Gasteiger charge is 2.22. The zero-order chi connectivity index (χ0) is 15.9. The molecule has 120 valence electrons. The van der Waals surface area contributed by atoms with Crippen molar-refractivity contribution in [3.63, 3.8) is 0 Å². The fraction of sp³-hybridized carbons (Fsp3) is 0.545. The molecule has 1 aromatic heterocycles. The average molecular weight is 386 g/mol. The van der Waals surface area contributed by atoms with E-state index < -0.39 is 16.0 Å². The number of primary sulfonamides is 1. The largest absolute Gasteiger partial charge is 0.457 e. The Kier molecular flexibility index (Phi) is 7.32. The molecule has 1 heterocycles. The van der Waals surface area contributed by atoms with E-state index in [4.69, 9.17) is 23.8 Å². The van der Waals surface area contributed by atoms with Gasteiger partial charge in [0.15, 0.2) is 4.67 Å². The molecule has 21 heavy (non-hydrogen) atoms. The number of carbonyl (C=O) groups excluding carboxylic acids is 1. The van der Waals surface area contributed by atoms with Crippen LogP contribution in [0.3, 0.4) is 0 Å². The monoisotopic (exact) mass is 385 g/mol. The molecule has 8 nitrogen and oxygen atoms in total. The topological polar surface area (TPSA) is 118 Å². The fourth-order valence-electron chi connectivity index (χ4n) is 1.32. The van der Waals surface area contributed by atoms with Crippen molar-refractivity contribution in [2.24, 2.45) is 5.14 Å². The van der Waals surface area contributed by atoms with Crippen molar-refractivity contribution in [2.45, 2.75) is 11.3 Å². The number of rotatable bonds is 9. The third-order valence-electron chi connectivity index (χ3n) is 2.26. The van der Waals surface area contributed by atoms with E-state index in [0.717, 1.165) is 12.5 Å². The van der Waals surface area contributed by atoms with Gasteiger partial charge in [-0.3, -0.25) is 0 Å². The summed E-state index contributed by atoms with van der Waals surface area (Å²) in [5.74, 6) is -1.06. The normalized spacial score (nSPS) is 11.6. The number of furan rings is 1. The molecule has 0 unspecified atom stereocenters. The maximum atomic E-state index is 11.6. The third-order valence-corrected chi connectivity index (χ3v) is 4.03. The summed E-state index contributed by atoms with van der Waals surface area (Å²) in [4.78, 5) is 11.3. The molecule has 0 fully saturated rings. The lowest BCUT2D eigenvalue weighted by molar-refractivity contribution is 0.0259. The van der Waals surface area contributed by atoms with Crippen LogP contribution in [0.1, 0.15) is 17.0 Å².